The summed E-state index contributed by atoms with van der Waals surface area (Å²) < 4.78 is 4.55. The lowest BCUT2D eigenvalue weighted by molar-refractivity contribution is -0.130. The molecule has 5 nitrogen and oxygen atoms in total. The molecule has 1 aliphatic heterocycles. The smallest absolute Gasteiger partial charge is 0.450 e. The normalized spacial score (nSPS) is 19.6. The van der Waals surface area contributed by atoms with Gasteiger partial charge < -0.3 is 9.84 Å². The summed E-state index contributed by atoms with van der Waals surface area (Å²) in [4.78, 5) is 22.9. The van der Waals surface area contributed by atoms with Crippen LogP contribution >= 0.6 is 0 Å². The first-order chi connectivity index (χ1) is 7.18. The molecule has 1 saturated heterocycles. The van der Waals surface area contributed by atoms with Crippen LogP contribution in [0.1, 0.15) is 6.42 Å². The van der Waals surface area contributed by atoms with Gasteiger partial charge in [0.25, 0.3) is 0 Å². The van der Waals surface area contributed by atoms with E-state index in [0.29, 0.717) is 5.69 Å². The summed E-state index contributed by atoms with van der Waals surface area (Å²) in [5, 5.41) is 8.44. The molecular formula is C10H9NO4. The quantitative estimate of drug-likeness (QED) is 0.588. The molecule has 0 saturated carbocycles. The van der Waals surface area contributed by atoms with Crippen LogP contribution in [-0.4, -0.2) is 23.4 Å². The first-order valence-electron chi connectivity index (χ1n) is 4.45. The molecule has 78 valence electrons. The Labute approximate surface area is 85.9 Å². The highest BCUT2D eigenvalue weighted by atomic mass is 16.7. The Hall–Kier alpha value is -2.04. The van der Waals surface area contributed by atoms with Crippen molar-refractivity contribution in [1.82, 2.24) is 0 Å². The molecule has 15 heavy (non-hydrogen) atoms. The van der Waals surface area contributed by atoms with Gasteiger partial charge in [-0.1, -0.05) is 18.2 Å². The number of benzene rings is 1. The van der Waals surface area contributed by atoms with E-state index < -0.39 is 12.4 Å². The van der Waals surface area contributed by atoms with E-state index in [-0.39, 0.29) is 12.3 Å². The minimum absolute atomic E-state index is 0.112. The molecule has 1 amide bonds. The van der Waals surface area contributed by atoms with Gasteiger partial charge >= 0.3 is 6.16 Å². The fraction of sp³-hybridized carbons (Fsp3) is 0.200. The molecular weight excluding hydrogens is 198 g/mol. The molecule has 0 radical (unpaired) electrons. The van der Waals surface area contributed by atoms with Gasteiger partial charge in [-0.05, 0) is 12.1 Å². The molecule has 0 aromatic heterocycles. The van der Waals surface area contributed by atoms with Crippen LogP contribution in [0.2, 0.25) is 0 Å². The van der Waals surface area contributed by atoms with Gasteiger partial charge in [0.15, 0.2) is 6.23 Å². The van der Waals surface area contributed by atoms with Gasteiger partial charge in [0.1, 0.15) is 0 Å². The Morgan fingerprint density at radius 2 is 2.07 bits per heavy atom. The highest BCUT2D eigenvalue weighted by Gasteiger charge is 2.40. The van der Waals surface area contributed by atoms with E-state index in [4.69, 9.17) is 5.11 Å². The summed E-state index contributed by atoms with van der Waals surface area (Å²) in [6, 6.07) is 8.84. The van der Waals surface area contributed by atoms with Crippen molar-refractivity contribution in [3.05, 3.63) is 30.3 Å². The molecule has 0 bridgehead atoms. The summed E-state index contributed by atoms with van der Waals surface area (Å²) in [7, 11) is 0. The number of hydrogen-bond donors (Lipinski definition) is 1. The predicted molar refractivity (Wildman–Crippen MR) is 51.4 cm³/mol. The molecule has 5 heteroatoms. The van der Waals surface area contributed by atoms with Crippen LogP contribution in [0.15, 0.2) is 30.3 Å². The third-order valence-corrected chi connectivity index (χ3v) is 2.18. The average Bonchev–Trinajstić information content (AvgIpc) is 2.17. The largest absolute Gasteiger partial charge is 0.507 e. The SMILES string of the molecule is O=C(O)O[C@@H]1CC(=O)N1c1ccccc1. The first-order valence-corrected chi connectivity index (χ1v) is 4.45. The van der Waals surface area contributed by atoms with Crippen molar-refractivity contribution < 1.29 is 19.4 Å². The Morgan fingerprint density at radius 3 is 2.60 bits per heavy atom. The lowest BCUT2D eigenvalue weighted by atomic mass is 10.1. The van der Waals surface area contributed by atoms with E-state index in [1.807, 2.05) is 6.07 Å². The first kappa shape index (κ1) is 9.51. The van der Waals surface area contributed by atoms with Gasteiger partial charge in [0.2, 0.25) is 5.91 Å². The van der Waals surface area contributed by atoms with Crippen molar-refractivity contribution in [3.8, 4) is 0 Å². The van der Waals surface area contributed by atoms with Crippen LogP contribution in [0.5, 0.6) is 0 Å². The average molecular weight is 207 g/mol. The van der Waals surface area contributed by atoms with E-state index in [1.54, 1.807) is 24.3 Å². The van der Waals surface area contributed by atoms with E-state index in [9.17, 15) is 9.59 Å². The fourth-order valence-corrected chi connectivity index (χ4v) is 1.50. The summed E-state index contributed by atoms with van der Waals surface area (Å²) >= 11 is 0. The zero-order valence-electron chi connectivity index (χ0n) is 7.79. The maximum absolute atomic E-state index is 11.3. The van der Waals surface area contributed by atoms with E-state index in [1.165, 1.54) is 4.90 Å². The third kappa shape index (κ3) is 1.76. The minimum Gasteiger partial charge on any atom is -0.450 e. The lowest BCUT2D eigenvalue weighted by Crippen LogP contribution is -2.54. The highest BCUT2D eigenvalue weighted by molar-refractivity contribution is 6.00. The molecule has 1 aromatic carbocycles. The second-order valence-corrected chi connectivity index (χ2v) is 3.14. The summed E-state index contributed by atoms with van der Waals surface area (Å²) in [6.07, 6.45) is -1.94. The van der Waals surface area contributed by atoms with Crippen molar-refractivity contribution in [2.24, 2.45) is 0 Å². The van der Waals surface area contributed by atoms with Gasteiger partial charge in [0.05, 0.1) is 6.42 Å². The van der Waals surface area contributed by atoms with Crippen LogP contribution < -0.4 is 4.90 Å². The number of amides is 1. The topological polar surface area (TPSA) is 66.8 Å². The molecule has 1 aromatic rings. The second kappa shape index (κ2) is 3.61. The molecule has 1 aliphatic rings. The van der Waals surface area contributed by atoms with Gasteiger partial charge in [-0.2, -0.15) is 0 Å². The maximum Gasteiger partial charge on any atom is 0.507 e. The standard InChI is InChI=1S/C10H9NO4/c12-8-6-9(15-10(13)14)11(8)7-4-2-1-3-5-7/h1-5,9H,6H2,(H,13,14)/t9-/m1/s1. The zero-order chi connectivity index (χ0) is 10.8. The molecule has 1 atom stereocenters. The van der Waals surface area contributed by atoms with Crippen molar-refractivity contribution in [2.45, 2.75) is 12.6 Å². The van der Waals surface area contributed by atoms with E-state index >= 15 is 0 Å². The fourth-order valence-electron chi connectivity index (χ4n) is 1.50. The van der Waals surface area contributed by atoms with Crippen molar-refractivity contribution in [3.63, 3.8) is 0 Å². The number of rotatable bonds is 2. The van der Waals surface area contributed by atoms with Crippen LogP contribution in [0.3, 0.4) is 0 Å². The molecule has 0 spiro atoms. The van der Waals surface area contributed by atoms with Gasteiger partial charge in [-0.25, -0.2) is 4.79 Å². The van der Waals surface area contributed by atoms with Crippen molar-refractivity contribution in [2.75, 3.05) is 4.90 Å². The monoisotopic (exact) mass is 207 g/mol. The Balaban J connectivity index is 2.14. The van der Waals surface area contributed by atoms with E-state index in [2.05, 4.69) is 4.74 Å². The zero-order valence-corrected chi connectivity index (χ0v) is 7.79. The summed E-state index contributed by atoms with van der Waals surface area (Å²) in [5.74, 6) is -0.132. The van der Waals surface area contributed by atoms with Gasteiger partial charge in [-0.15, -0.1) is 0 Å². The number of carbonyl (C=O) groups is 2. The van der Waals surface area contributed by atoms with Crippen molar-refractivity contribution >= 4 is 17.7 Å². The van der Waals surface area contributed by atoms with E-state index in [0.717, 1.165) is 0 Å². The molecule has 1 fully saturated rings. The minimum atomic E-state index is -1.37. The number of nitrogens with zero attached hydrogens (tertiary/aromatic N) is 1. The Kier molecular flexibility index (Phi) is 2.29. The number of carbonyl (C=O) groups excluding carboxylic acids is 1. The van der Waals surface area contributed by atoms with Crippen LogP contribution in [0, 0.1) is 0 Å². The number of para-hydroxylation sites is 1. The number of β-lactam (4-membered cyclic amide) rings is 1. The number of anilines is 1. The molecule has 0 unspecified atom stereocenters. The lowest BCUT2D eigenvalue weighted by Gasteiger charge is -2.38. The van der Waals surface area contributed by atoms with Crippen molar-refractivity contribution in [1.29, 1.82) is 0 Å². The Bertz CT molecular complexity index is 390. The van der Waals surface area contributed by atoms with Crippen LogP contribution in [-0.2, 0) is 9.53 Å². The number of carboxylic acid groups (broad SMARTS) is 1. The highest BCUT2D eigenvalue weighted by Crippen LogP contribution is 2.28. The molecule has 1 N–H and O–H groups in total. The third-order valence-electron chi connectivity index (χ3n) is 2.18. The predicted octanol–water partition coefficient (Wildman–Crippen LogP) is 1.44. The van der Waals surface area contributed by atoms with Crippen LogP contribution in [0.4, 0.5) is 10.5 Å². The molecule has 2 rings (SSSR count). The number of ether oxygens (including phenoxy) is 1. The Morgan fingerprint density at radius 1 is 1.40 bits per heavy atom. The summed E-state index contributed by atoms with van der Waals surface area (Å²) in [6.45, 7) is 0. The maximum atomic E-state index is 11.3. The number of hydrogen-bond acceptors (Lipinski definition) is 3. The molecule has 0 aliphatic carbocycles. The summed E-state index contributed by atoms with van der Waals surface area (Å²) in [5.41, 5.74) is 0.653. The van der Waals surface area contributed by atoms with Gasteiger partial charge in [-0.3, -0.25) is 9.69 Å². The van der Waals surface area contributed by atoms with Crippen LogP contribution in [0.25, 0.3) is 0 Å². The van der Waals surface area contributed by atoms with Gasteiger partial charge in [0, 0.05) is 5.69 Å². The molecule has 1 heterocycles. The second-order valence-electron chi connectivity index (χ2n) is 3.14.